The van der Waals surface area contributed by atoms with Gasteiger partial charge < -0.3 is 15.7 Å². The van der Waals surface area contributed by atoms with Crippen LogP contribution in [0.3, 0.4) is 0 Å². The number of aliphatic hydroxyl groups excluding tert-OH is 1. The molecular formula is C14H20N2O2. The molecule has 18 heavy (non-hydrogen) atoms. The van der Waals surface area contributed by atoms with Crippen molar-refractivity contribution >= 4 is 11.6 Å². The predicted molar refractivity (Wildman–Crippen MR) is 71.3 cm³/mol. The molecule has 1 fully saturated rings. The molecule has 3 N–H and O–H groups in total. The Bertz CT molecular complexity index is 381. The van der Waals surface area contributed by atoms with Gasteiger partial charge in [0, 0.05) is 5.69 Å². The Hall–Kier alpha value is -1.39. The molecule has 0 spiro atoms. The van der Waals surface area contributed by atoms with Crippen molar-refractivity contribution in [2.24, 2.45) is 5.92 Å². The van der Waals surface area contributed by atoms with E-state index in [1.165, 1.54) is 0 Å². The fourth-order valence-electron chi connectivity index (χ4n) is 2.35. The minimum atomic E-state index is -0.144. The van der Waals surface area contributed by atoms with Gasteiger partial charge in [0.25, 0.3) is 0 Å². The fraction of sp³-hybridized carbons (Fsp3) is 0.500. The minimum Gasteiger partial charge on any atom is -0.393 e. The van der Waals surface area contributed by atoms with Crippen LogP contribution in [0.2, 0.25) is 0 Å². The van der Waals surface area contributed by atoms with E-state index < -0.39 is 0 Å². The van der Waals surface area contributed by atoms with Gasteiger partial charge in [0.15, 0.2) is 0 Å². The smallest absolute Gasteiger partial charge is 0.238 e. The zero-order valence-electron chi connectivity index (χ0n) is 10.4. The van der Waals surface area contributed by atoms with Gasteiger partial charge in [-0.2, -0.15) is 0 Å². The topological polar surface area (TPSA) is 61.4 Å². The monoisotopic (exact) mass is 248 g/mol. The van der Waals surface area contributed by atoms with Gasteiger partial charge in [0.2, 0.25) is 5.91 Å². The molecule has 4 nitrogen and oxygen atoms in total. The molecule has 0 aliphatic heterocycles. The van der Waals surface area contributed by atoms with Crippen LogP contribution in [0.25, 0.3) is 0 Å². The molecule has 2 unspecified atom stereocenters. The lowest BCUT2D eigenvalue weighted by Gasteiger charge is -2.10. The number of carbonyl (C=O) groups excluding carboxylic acids is 1. The normalized spacial score (nSPS) is 22.9. The summed E-state index contributed by atoms with van der Waals surface area (Å²) in [6.07, 6.45) is 2.65. The Morgan fingerprint density at radius 1 is 1.28 bits per heavy atom. The number of carbonyl (C=O) groups is 1. The number of rotatable bonds is 5. The quantitative estimate of drug-likeness (QED) is 0.737. The van der Waals surface area contributed by atoms with E-state index in [9.17, 15) is 9.90 Å². The first-order chi connectivity index (χ1) is 8.74. The molecule has 2 rings (SSSR count). The second kappa shape index (κ2) is 6.52. The van der Waals surface area contributed by atoms with Crippen molar-refractivity contribution in [3.63, 3.8) is 0 Å². The zero-order chi connectivity index (χ0) is 12.8. The van der Waals surface area contributed by atoms with Crippen molar-refractivity contribution in [2.75, 3.05) is 18.4 Å². The number of amides is 1. The number of benzene rings is 1. The van der Waals surface area contributed by atoms with E-state index in [1.54, 1.807) is 0 Å². The largest absolute Gasteiger partial charge is 0.393 e. The molecule has 1 aromatic carbocycles. The summed E-state index contributed by atoms with van der Waals surface area (Å²) < 4.78 is 0. The summed E-state index contributed by atoms with van der Waals surface area (Å²) >= 11 is 0. The number of para-hydroxylation sites is 1. The van der Waals surface area contributed by atoms with Crippen LogP contribution in [-0.2, 0) is 4.79 Å². The maximum atomic E-state index is 11.6. The molecule has 0 heterocycles. The van der Waals surface area contributed by atoms with Crippen LogP contribution >= 0.6 is 0 Å². The van der Waals surface area contributed by atoms with Crippen molar-refractivity contribution in [1.29, 1.82) is 0 Å². The highest BCUT2D eigenvalue weighted by Crippen LogP contribution is 2.24. The second-order valence-electron chi connectivity index (χ2n) is 4.88. The van der Waals surface area contributed by atoms with Crippen molar-refractivity contribution < 1.29 is 9.90 Å². The third-order valence-corrected chi connectivity index (χ3v) is 3.29. The van der Waals surface area contributed by atoms with E-state index in [4.69, 9.17) is 0 Å². The molecule has 0 aromatic heterocycles. The van der Waals surface area contributed by atoms with E-state index in [1.807, 2.05) is 30.3 Å². The van der Waals surface area contributed by atoms with Gasteiger partial charge in [-0.05, 0) is 43.9 Å². The van der Waals surface area contributed by atoms with Crippen LogP contribution < -0.4 is 10.6 Å². The first-order valence-corrected chi connectivity index (χ1v) is 6.47. The number of aliphatic hydroxyl groups is 1. The van der Waals surface area contributed by atoms with E-state index in [0.29, 0.717) is 12.5 Å². The molecule has 1 aliphatic carbocycles. The van der Waals surface area contributed by atoms with E-state index >= 15 is 0 Å². The molecule has 4 heteroatoms. The molecule has 1 saturated carbocycles. The summed E-state index contributed by atoms with van der Waals surface area (Å²) in [5.41, 5.74) is 0.820. The van der Waals surface area contributed by atoms with Crippen molar-refractivity contribution in [3.8, 4) is 0 Å². The maximum Gasteiger partial charge on any atom is 0.238 e. The third kappa shape index (κ3) is 4.13. The molecule has 0 saturated heterocycles. The summed E-state index contributed by atoms with van der Waals surface area (Å²) in [6, 6.07) is 9.43. The van der Waals surface area contributed by atoms with Crippen molar-refractivity contribution in [1.82, 2.24) is 5.32 Å². The highest BCUT2D eigenvalue weighted by atomic mass is 16.3. The van der Waals surface area contributed by atoms with Gasteiger partial charge in [-0.15, -0.1) is 0 Å². The summed E-state index contributed by atoms with van der Waals surface area (Å²) in [4.78, 5) is 11.6. The predicted octanol–water partition coefficient (Wildman–Crippen LogP) is 1.38. The lowest BCUT2D eigenvalue weighted by atomic mass is 10.1. The number of anilines is 1. The van der Waals surface area contributed by atoms with E-state index in [-0.39, 0.29) is 12.0 Å². The molecule has 0 bridgehead atoms. The van der Waals surface area contributed by atoms with Crippen molar-refractivity contribution in [3.05, 3.63) is 30.3 Å². The number of hydrogen-bond acceptors (Lipinski definition) is 3. The summed E-state index contributed by atoms with van der Waals surface area (Å²) in [5.74, 6) is 0.476. The molecule has 2 atom stereocenters. The Morgan fingerprint density at radius 2 is 2.06 bits per heavy atom. The fourth-order valence-corrected chi connectivity index (χ4v) is 2.35. The van der Waals surface area contributed by atoms with Gasteiger partial charge in [-0.1, -0.05) is 18.2 Å². The lowest BCUT2D eigenvalue weighted by Crippen LogP contribution is -2.31. The average molecular weight is 248 g/mol. The van der Waals surface area contributed by atoms with Gasteiger partial charge in [0.1, 0.15) is 0 Å². The first-order valence-electron chi connectivity index (χ1n) is 6.47. The van der Waals surface area contributed by atoms with Crippen LogP contribution in [0.5, 0.6) is 0 Å². The van der Waals surface area contributed by atoms with Crippen molar-refractivity contribution in [2.45, 2.75) is 25.4 Å². The summed E-state index contributed by atoms with van der Waals surface area (Å²) in [7, 11) is 0. The Kier molecular flexibility index (Phi) is 4.73. The number of hydrogen-bond donors (Lipinski definition) is 3. The second-order valence-corrected chi connectivity index (χ2v) is 4.88. The SMILES string of the molecule is O=C(CNCC1CCC(O)C1)Nc1ccccc1. The lowest BCUT2D eigenvalue weighted by molar-refractivity contribution is -0.115. The van der Waals surface area contributed by atoms with Gasteiger partial charge in [-0.25, -0.2) is 0 Å². The Balaban J connectivity index is 1.63. The highest BCUT2D eigenvalue weighted by Gasteiger charge is 2.22. The van der Waals surface area contributed by atoms with Crippen LogP contribution in [0, 0.1) is 5.92 Å². The average Bonchev–Trinajstić information content (AvgIpc) is 2.76. The Labute approximate surface area is 107 Å². The molecule has 1 amide bonds. The zero-order valence-corrected chi connectivity index (χ0v) is 10.4. The summed E-state index contributed by atoms with van der Waals surface area (Å²) in [6.45, 7) is 1.13. The Morgan fingerprint density at radius 3 is 2.72 bits per heavy atom. The van der Waals surface area contributed by atoms with E-state index in [0.717, 1.165) is 31.5 Å². The summed E-state index contributed by atoms with van der Waals surface area (Å²) in [5, 5.41) is 15.4. The van der Waals surface area contributed by atoms with Crippen LogP contribution in [0.1, 0.15) is 19.3 Å². The maximum absolute atomic E-state index is 11.6. The number of nitrogens with one attached hydrogen (secondary N) is 2. The van der Waals surface area contributed by atoms with Gasteiger partial charge in [-0.3, -0.25) is 4.79 Å². The first kappa shape index (κ1) is 13.1. The molecule has 1 aromatic rings. The molecule has 0 radical (unpaired) electrons. The van der Waals surface area contributed by atoms with Gasteiger partial charge >= 0.3 is 0 Å². The molecule has 98 valence electrons. The standard InChI is InChI=1S/C14H20N2O2/c17-13-7-6-11(8-13)9-15-10-14(18)16-12-4-2-1-3-5-12/h1-5,11,13,15,17H,6-10H2,(H,16,18). The van der Waals surface area contributed by atoms with Crippen LogP contribution in [0.4, 0.5) is 5.69 Å². The minimum absolute atomic E-state index is 0.0280. The highest BCUT2D eigenvalue weighted by molar-refractivity contribution is 5.92. The third-order valence-electron chi connectivity index (χ3n) is 3.29. The van der Waals surface area contributed by atoms with Crippen LogP contribution in [0.15, 0.2) is 30.3 Å². The van der Waals surface area contributed by atoms with E-state index in [2.05, 4.69) is 10.6 Å². The molecular weight excluding hydrogens is 228 g/mol. The molecule has 1 aliphatic rings. The van der Waals surface area contributed by atoms with Crippen LogP contribution in [-0.4, -0.2) is 30.2 Å². The van der Waals surface area contributed by atoms with Gasteiger partial charge in [0.05, 0.1) is 12.6 Å².